The van der Waals surface area contributed by atoms with Crippen LogP contribution in [0, 0.1) is 0 Å². The molecule has 0 saturated carbocycles. The van der Waals surface area contributed by atoms with E-state index in [1.54, 1.807) is 36.3 Å². The number of hydrogen-bond acceptors (Lipinski definition) is 5. The normalized spacial score (nSPS) is 10.8. The third-order valence-electron chi connectivity index (χ3n) is 4.05. The lowest BCUT2D eigenvalue weighted by Crippen LogP contribution is -2.39. The first kappa shape index (κ1) is 17.8. The summed E-state index contributed by atoms with van der Waals surface area (Å²) in [5.74, 6) is -0.211. The molecule has 1 aromatic heterocycles. The van der Waals surface area contributed by atoms with Gasteiger partial charge < -0.3 is 9.64 Å². The lowest BCUT2D eigenvalue weighted by molar-refractivity contribution is -0.133. The van der Waals surface area contributed by atoms with E-state index < -0.39 is 0 Å². The molecule has 0 atom stereocenters. The zero-order chi connectivity index (χ0) is 18.4. The van der Waals surface area contributed by atoms with Crippen LogP contribution in [0.1, 0.15) is 5.56 Å². The largest absolute Gasteiger partial charge is 0.383 e. The Morgan fingerprint density at radius 3 is 2.62 bits per heavy atom. The van der Waals surface area contributed by atoms with Gasteiger partial charge in [0.05, 0.1) is 12.0 Å². The minimum atomic E-state index is -0.324. The Balaban J connectivity index is 1.81. The van der Waals surface area contributed by atoms with Crippen molar-refractivity contribution in [1.82, 2.24) is 19.9 Å². The summed E-state index contributed by atoms with van der Waals surface area (Å²) in [6, 6.07) is 16.6. The van der Waals surface area contributed by atoms with E-state index in [0.29, 0.717) is 30.6 Å². The molecule has 3 aromatic rings. The summed E-state index contributed by atoms with van der Waals surface area (Å²) in [6.07, 6.45) is 0. The van der Waals surface area contributed by atoms with Gasteiger partial charge in [-0.2, -0.15) is 0 Å². The summed E-state index contributed by atoms with van der Waals surface area (Å²) in [5, 5.41) is 8.36. The Morgan fingerprint density at radius 2 is 1.85 bits per heavy atom. The highest BCUT2D eigenvalue weighted by molar-refractivity contribution is 5.78. The second-order valence-corrected chi connectivity index (χ2v) is 5.86. The zero-order valence-electron chi connectivity index (χ0n) is 14.5. The first-order valence-corrected chi connectivity index (χ1v) is 8.32. The second kappa shape index (κ2) is 8.35. The Kier molecular flexibility index (Phi) is 5.70. The zero-order valence-corrected chi connectivity index (χ0v) is 14.5. The molecule has 0 bridgehead atoms. The minimum Gasteiger partial charge on any atom is -0.383 e. The molecule has 3 rings (SSSR count). The van der Waals surface area contributed by atoms with E-state index in [1.165, 1.54) is 0 Å². The molecule has 0 unspecified atom stereocenters. The van der Waals surface area contributed by atoms with Gasteiger partial charge in [0.2, 0.25) is 5.91 Å². The third kappa shape index (κ3) is 4.12. The number of amides is 1. The average Bonchev–Trinajstić information content (AvgIpc) is 2.68. The molecule has 0 saturated heterocycles. The Labute approximate surface area is 150 Å². The molecular weight excluding hydrogens is 332 g/mol. The highest BCUT2D eigenvalue weighted by Gasteiger charge is 2.16. The van der Waals surface area contributed by atoms with Crippen molar-refractivity contribution < 1.29 is 9.53 Å². The van der Waals surface area contributed by atoms with Crippen molar-refractivity contribution in [3.8, 4) is 0 Å². The van der Waals surface area contributed by atoms with Crippen LogP contribution in [0.5, 0.6) is 0 Å². The van der Waals surface area contributed by atoms with Crippen LogP contribution in [0.3, 0.4) is 0 Å². The van der Waals surface area contributed by atoms with Gasteiger partial charge in [-0.3, -0.25) is 9.59 Å². The van der Waals surface area contributed by atoms with E-state index in [4.69, 9.17) is 4.74 Å². The highest BCUT2D eigenvalue weighted by Crippen LogP contribution is 2.07. The van der Waals surface area contributed by atoms with Gasteiger partial charge in [-0.25, -0.2) is 4.68 Å². The van der Waals surface area contributed by atoms with Crippen molar-refractivity contribution in [2.45, 2.75) is 13.1 Å². The van der Waals surface area contributed by atoms with Gasteiger partial charge in [-0.15, -0.1) is 5.10 Å². The lowest BCUT2D eigenvalue weighted by Gasteiger charge is -2.22. The number of ether oxygens (including phenoxy) is 1. The molecule has 0 fully saturated rings. The average molecular weight is 352 g/mol. The molecule has 0 aliphatic rings. The van der Waals surface area contributed by atoms with Gasteiger partial charge in [0, 0.05) is 20.2 Å². The number of fused-ring (bicyclic) bond motifs is 1. The van der Waals surface area contributed by atoms with E-state index in [0.717, 1.165) is 10.2 Å². The molecule has 0 N–H and O–H groups in total. The van der Waals surface area contributed by atoms with Crippen molar-refractivity contribution in [3.63, 3.8) is 0 Å². The van der Waals surface area contributed by atoms with Gasteiger partial charge in [0.25, 0.3) is 5.56 Å². The third-order valence-corrected chi connectivity index (χ3v) is 4.05. The Hall–Kier alpha value is -3.06. The van der Waals surface area contributed by atoms with Crippen molar-refractivity contribution >= 4 is 16.8 Å². The number of aromatic nitrogens is 3. The van der Waals surface area contributed by atoms with Crippen LogP contribution < -0.4 is 5.56 Å². The standard InChI is InChI=1S/C19H20N4O3/c1-26-12-11-22(13-15-7-3-2-4-8-15)18(24)14-23-19(25)16-9-5-6-10-17(16)20-21-23/h2-10H,11-14H2,1H3. The monoisotopic (exact) mass is 352 g/mol. The van der Waals surface area contributed by atoms with E-state index in [2.05, 4.69) is 10.3 Å². The quantitative estimate of drug-likeness (QED) is 0.643. The summed E-state index contributed by atoms with van der Waals surface area (Å²) in [5.41, 5.74) is 1.20. The molecule has 2 aromatic carbocycles. The number of methoxy groups -OCH3 is 1. The highest BCUT2D eigenvalue weighted by atomic mass is 16.5. The van der Waals surface area contributed by atoms with Gasteiger partial charge in [-0.1, -0.05) is 47.7 Å². The predicted molar refractivity (Wildman–Crippen MR) is 97.5 cm³/mol. The van der Waals surface area contributed by atoms with Crippen LogP contribution in [0.15, 0.2) is 59.4 Å². The maximum absolute atomic E-state index is 12.8. The van der Waals surface area contributed by atoms with Crippen LogP contribution in [0.2, 0.25) is 0 Å². The van der Waals surface area contributed by atoms with Crippen LogP contribution >= 0.6 is 0 Å². The fourth-order valence-corrected chi connectivity index (χ4v) is 2.65. The van der Waals surface area contributed by atoms with Gasteiger partial charge in [-0.05, 0) is 17.7 Å². The summed E-state index contributed by atoms with van der Waals surface area (Å²) in [7, 11) is 1.59. The smallest absolute Gasteiger partial charge is 0.278 e. The first-order valence-electron chi connectivity index (χ1n) is 8.32. The molecule has 1 amide bonds. The molecule has 134 valence electrons. The van der Waals surface area contributed by atoms with Crippen molar-refractivity contribution in [2.75, 3.05) is 20.3 Å². The molecule has 7 nitrogen and oxygen atoms in total. The molecule has 0 spiro atoms. The van der Waals surface area contributed by atoms with Gasteiger partial charge >= 0.3 is 0 Å². The molecule has 1 heterocycles. The molecule has 26 heavy (non-hydrogen) atoms. The molecular formula is C19H20N4O3. The predicted octanol–water partition coefficient (Wildman–Crippen LogP) is 1.47. The SMILES string of the molecule is COCCN(Cc1ccccc1)C(=O)Cn1nnc2ccccc2c1=O. The lowest BCUT2D eigenvalue weighted by atomic mass is 10.2. The number of hydrogen-bond donors (Lipinski definition) is 0. The minimum absolute atomic E-state index is 0.160. The first-order chi connectivity index (χ1) is 12.7. The van der Waals surface area contributed by atoms with Crippen LogP contribution in [-0.4, -0.2) is 46.1 Å². The number of rotatable bonds is 7. The molecule has 0 aliphatic carbocycles. The number of carbonyl (C=O) groups is 1. The van der Waals surface area contributed by atoms with E-state index in [1.807, 2.05) is 30.3 Å². The fourth-order valence-electron chi connectivity index (χ4n) is 2.65. The van der Waals surface area contributed by atoms with Crippen LogP contribution in [0.25, 0.3) is 10.9 Å². The topological polar surface area (TPSA) is 77.3 Å². The van der Waals surface area contributed by atoms with Gasteiger partial charge in [0.15, 0.2) is 0 Å². The Bertz CT molecular complexity index is 940. The molecule has 0 radical (unpaired) electrons. The van der Waals surface area contributed by atoms with Crippen molar-refractivity contribution in [3.05, 3.63) is 70.5 Å². The van der Waals surface area contributed by atoms with E-state index >= 15 is 0 Å². The van der Waals surface area contributed by atoms with E-state index in [-0.39, 0.29) is 18.0 Å². The van der Waals surface area contributed by atoms with Crippen molar-refractivity contribution in [1.29, 1.82) is 0 Å². The van der Waals surface area contributed by atoms with E-state index in [9.17, 15) is 9.59 Å². The fraction of sp³-hybridized carbons (Fsp3) is 0.263. The number of carbonyl (C=O) groups excluding carboxylic acids is 1. The maximum atomic E-state index is 12.8. The number of nitrogens with zero attached hydrogens (tertiary/aromatic N) is 4. The summed E-state index contributed by atoms with van der Waals surface area (Å²) < 4.78 is 6.21. The van der Waals surface area contributed by atoms with Gasteiger partial charge in [0.1, 0.15) is 12.1 Å². The summed E-state index contributed by atoms with van der Waals surface area (Å²) in [6.45, 7) is 1.13. The van der Waals surface area contributed by atoms with Crippen molar-refractivity contribution in [2.24, 2.45) is 0 Å². The maximum Gasteiger partial charge on any atom is 0.278 e. The van der Waals surface area contributed by atoms with Crippen LogP contribution in [0.4, 0.5) is 0 Å². The second-order valence-electron chi connectivity index (χ2n) is 5.86. The van der Waals surface area contributed by atoms with Crippen LogP contribution in [-0.2, 0) is 22.6 Å². The number of benzene rings is 2. The molecule has 0 aliphatic heterocycles. The Morgan fingerprint density at radius 1 is 1.12 bits per heavy atom. The molecule has 7 heteroatoms. The summed E-state index contributed by atoms with van der Waals surface area (Å²) >= 11 is 0. The summed E-state index contributed by atoms with van der Waals surface area (Å²) in [4.78, 5) is 26.9.